The van der Waals surface area contributed by atoms with Crippen LogP contribution in [-0.2, 0) is 24.2 Å². The lowest BCUT2D eigenvalue weighted by atomic mass is 10.0. The maximum absolute atomic E-state index is 11.1. The molecule has 5 heteroatoms. The summed E-state index contributed by atoms with van der Waals surface area (Å²) in [5, 5.41) is 1.10. The van der Waals surface area contributed by atoms with Crippen molar-refractivity contribution in [1.29, 1.82) is 0 Å². The largest absolute Gasteiger partial charge is 0.368 e. The number of thiazole rings is 1. The number of aromatic nitrogens is 1. The maximum atomic E-state index is 11.1. The van der Waals surface area contributed by atoms with Crippen molar-refractivity contribution in [3.05, 3.63) is 15.6 Å². The summed E-state index contributed by atoms with van der Waals surface area (Å²) in [5.41, 5.74) is 6.56. The highest BCUT2D eigenvalue weighted by Crippen LogP contribution is 2.27. The van der Waals surface area contributed by atoms with Crippen molar-refractivity contribution in [2.24, 2.45) is 5.73 Å². The molecule has 0 aliphatic heterocycles. The molecule has 0 bridgehead atoms. The molecular weight excluding hydrogens is 234 g/mol. The van der Waals surface area contributed by atoms with E-state index in [0.29, 0.717) is 6.54 Å². The molecule has 0 unspecified atom stereocenters. The lowest BCUT2D eigenvalue weighted by Crippen LogP contribution is -2.39. The molecule has 0 aromatic carbocycles. The van der Waals surface area contributed by atoms with Crippen molar-refractivity contribution in [3.8, 4) is 0 Å². The molecule has 1 aliphatic rings. The Morgan fingerprint density at radius 2 is 2.24 bits per heavy atom. The number of likely N-dealkylation sites (N-methyl/N-ethyl adjacent to an activating group) is 1. The van der Waals surface area contributed by atoms with Gasteiger partial charge in [-0.1, -0.05) is 0 Å². The van der Waals surface area contributed by atoms with Gasteiger partial charge in [0.05, 0.1) is 18.3 Å². The van der Waals surface area contributed by atoms with Crippen molar-refractivity contribution in [2.45, 2.75) is 45.2 Å². The minimum Gasteiger partial charge on any atom is -0.368 e. The smallest absolute Gasteiger partial charge is 0.234 e. The van der Waals surface area contributed by atoms with Gasteiger partial charge in [-0.3, -0.25) is 9.69 Å². The number of rotatable bonds is 4. The number of hydrogen-bond acceptors (Lipinski definition) is 4. The van der Waals surface area contributed by atoms with Gasteiger partial charge in [-0.15, -0.1) is 11.3 Å². The fourth-order valence-electron chi connectivity index (χ4n) is 2.04. The van der Waals surface area contributed by atoms with Crippen LogP contribution in [0.5, 0.6) is 0 Å². The molecule has 1 aromatic rings. The second-order valence-corrected chi connectivity index (χ2v) is 5.85. The summed E-state index contributed by atoms with van der Waals surface area (Å²) >= 11 is 1.79. The first-order valence-electron chi connectivity index (χ1n) is 6.05. The van der Waals surface area contributed by atoms with Gasteiger partial charge in [-0.05, 0) is 39.7 Å². The second-order valence-electron chi connectivity index (χ2n) is 4.68. The Labute approximate surface area is 106 Å². The molecule has 2 N–H and O–H groups in total. The molecule has 17 heavy (non-hydrogen) atoms. The molecule has 4 nitrogen and oxygen atoms in total. The third-order valence-corrected chi connectivity index (χ3v) is 4.49. The van der Waals surface area contributed by atoms with Gasteiger partial charge in [0, 0.05) is 4.88 Å². The fraction of sp³-hybridized carbons (Fsp3) is 0.667. The van der Waals surface area contributed by atoms with Gasteiger partial charge in [0.15, 0.2) is 0 Å². The van der Waals surface area contributed by atoms with E-state index < -0.39 is 0 Å². The molecule has 1 aromatic heterocycles. The normalized spacial score (nSPS) is 16.9. The quantitative estimate of drug-likeness (QED) is 0.880. The Hall–Kier alpha value is -0.940. The van der Waals surface area contributed by atoms with E-state index in [1.54, 1.807) is 11.3 Å². The van der Waals surface area contributed by atoms with Crippen LogP contribution >= 0.6 is 11.3 Å². The van der Waals surface area contributed by atoms with E-state index in [1.807, 2.05) is 18.9 Å². The monoisotopic (exact) mass is 253 g/mol. The first kappa shape index (κ1) is 12.5. The molecule has 1 amide bonds. The molecule has 0 fully saturated rings. The van der Waals surface area contributed by atoms with Crippen LogP contribution in [0.15, 0.2) is 0 Å². The molecular formula is C12H19N3OS. The fourth-order valence-corrected chi connectivity index (χ4v) is 3.26. The summed E-state index contributed by atoms with van der Waals surface area (Å²) in [7, 11) is 1.91. The zero-order valence-corrected chi connectivity index (χ0v) is 11.2. The summed E-state index contributed by atoms with van der Waals surface area (Å²) in [6.07, 6.45) is 4.81. The Balaban J connectivity index is 2.03. The van der Waals surface area contributed by atoms with Gasteiger partial charge in [-0.2, -0.15) is 0 Å². The van der Waals surface area contributed by atoms with E-state index >= 15 is 0 Å². The van der Waals surface area contributed by atoms with E-state index in [4.69, 9.17) is 5.73 Å². The van der Waals surface area contributed by atoms with Gasteiger partial charge >= 0.3 is 0 Å². The predicted octanol–water partition coefficient (Wildman–Crippen LogP) is 1.33. The Morgan fingerprint density at radius 1 is 1.53 bits per heavy atom. The Bertz CT molecular complexity index is 392. The minimum absolute atomic E-state index is 0.240. The molecule has 0 saturated carbocycles. The average Bonchev–Trinajstić information content (AvgIpc) is 2.69. The molecule has 0 saturated heterocycles. The van der Waals surface area contributed by atoms with Gasteiger partial charge in [0.1, 0.15) is 5.01 Å². The van der Waals surface area contributed by atoms with E-state index in [1.165, 1.54) is 29.8 Å². The van der Waals surface area contributed by atoms with Crippen LogP contribution < -0.4 is 5.73 Å². The molecule has 1 heterocycles. The first-order chi connectivity index (χ1) is 8.08. The van der Waals surface area contributed by atoms with Crippen LogP contribution in [0.25, 0.3) is 0 Å². The van der Waals surface area contributed by atoms with E-state index in [9.17, 15) is 4.79 Å². The zero-order chi connectivity index (χ0) is 12.4. The number of carbonyl (C=O) groups excluding carboxylic acids is 1. The number of fused-ring (bicyclic) bond motifs is 1. The van der Waals surface area contributed by atoms with Gasteiger partial charge in [0.25, 0.3) is 0 Å². The van der Waals surface area contributed by atoms with E-state index in [0.717, 1.165) is 11.4 Å². The van der Waals surface area contributed by atoms with Crippen molar-refractivity contribution < 1.29 is 4.79 Å². The number of aryl methyl sites for hydroxylation is 2. The Morgan fingerprint density at radius 3 is 2.88 bits per heavy atom. The SMILES string of the molecule is C[C@H](C(N)=O)N(C)Cc1nc2c(s1)CCCC2. The molecule has 1 atom stereocenters. The summed E-state index contributed by atoms with van der Waals surface area (Å²) in [5.74, 6) is -0.284. The molecule has 0 radical (unpaired) electrons. The first-order valence-corrected chi connectivity index (χ1v) is 6.86. The molecule has 2 rings (SSSR count). The van der Waals surface area contributed by atoms with E-state index in [2.05, 4.69) is 4.98 Å². The average molecular weight is 253 g/mol. The van der Waals surface area contributed by atoms with Gasteiger partial charge < -0.3 is 5.73 Å². The summed E-state index contributed by atoms with van der Waals surface area (Å²) < 4.78 is 0. The molecule has 1 aliphatic carbocycles. The van der Waals surface area contributed by atoms with Gasteiger partial charge in [0.2, 0.25) is 5.91 Å². The van der Waals surface area contributed by atoms with Crippen molar-refractivity contribution in [3.63, 3.8) is 0 Å². The zero-order valence-electron chi connectivity index (χ0n) is 10.4. The number of primary amides is 1. The summed E-state index contributed by atoms with van der Waals surface area (Å²) in [4.78, 5) is 19.1. The third-order valence-electron chi connectivity index (χ3n) is 3.35. The van der Waals surface area contributed by atoms with E-state index in [-0.39, 0.29) is 11.9 Å². The lowest BCUT2D eigenvalue weighted by molar-refractivity contribution is -0.122. The third kappa shape index (κ3) is 2.84. The van der Waals surface area contributed by atoms with Crippen LogP contribution in [0.4, 0.5) is 0 Å². The van der Waals surface area contributed by atoms with Crippen molar-refractivity contribution in [1.82, 2.24) is 9.88 Å². The van der Waals surface area contributed by atoms with Crippen molar-refractivity contribution >= 4 is 17.2 Å². The molecule has 94 valence electrons. The maximum Gasteiger partial charge on any atom is 0.234 e. The highest BCUT2D eigenvalue weighted by Gasteiger charge is 2.19. The molecule has 0 spiro atoms. The minimum atomic E-state index is -0.284. The number of nitrogens with two attached hydrogens (primary N) is 1. The highest BCUT2D eigenvalue weighted by molar-refractivity contribution is 7.11. The number of amides is 1. The van der Waals surface area contributed by atoms with Crippen LogP contribution in [0, 0.1) is 0 Å². The van der Waals surface area contributed by atoms with Crippen LogP contribution in [0.3, 0.4) is 0 Å². The predicted molar refractivity (Wildman–Crippen MR) is 68.9 cm³/mol. The second kappa shape index (κ2) is 5.14. The summed E-state index contributed by atoms with van der Waals surface area (Å²) in [6, 6.07) is -0.240. The van der Waals surface area contributed by atoms with Crippen LogP contribution in [-0.4, -0.2) is 28.9 Å². The van der Waals surface area contributed by atoms with Gasteiger partial charge in [-0.25, -0.2) is 4.98 Å². The highest BCUT2D eigenvalue weighted by atomic mass is 32.1. The topological polar surface area (TPSA) is 59.2 Å². The van der Waals surface area contributed by atoms with Crippen molar-refractivity contribution in [2.75, 3.05) is 7.05 Å². The summed E-state index contributed by atoms with van der Waals surface area (Å²) in [6.45, 7) is 2.54. The number of carbonyl (C=O) groups is 1. The standard InChI is InChI=1S/C12H19N3OS/c1-8(12(13)16)15(2)7-11-14-9-5-3-4-6-10(9)17-11/h8H,3-7H2,1-2H3,(H2,13,16)/t8-/m1/s1. The van der Waals surface area contributed by atoms with Crippen LogP contribution in [0.1, 0.15) is 35.3 Å². The number of hydrogen-bond donors (Lipinski definition) is 1. The van der Waals surface area contributed by atoms with Crippen LogP contribution in [0.2, 0.25) is 0 Å². The lowest BCUT2D eigenvalue weighted by Gasteiger charge is -2.20. The Kier molecular flexibility index (Phi) is 3.79. The number of nitrogens with zero attached hydrogens (tertiary/aromatic N) is 2.